The molecule has 0 unspecified atom stereocenters. The Hall–Kier alpha value is -0.710. The maximum atomic E-state index is 11.7. The van der Waals surface area contributed by atoms with Crippen molar-refractivity contribution < 1.29 is 13.2 Å². The quantitative estimate of drug-likeness (QED) is 0.688. The van der Waals surface area contributed by atoms with E-state index in [0.29, 0.717) is 6.67 Å². The number of allylic oxidation sites excluding steroid dienone is 1. The summed E-state index contributed by atoms with van der Waals surface area (Å²) < 4.78 is 35.2. The maximum absolute atomic E-state index is 11.7. The van der Waals surface area contributed by atoms with Gasteiger partial charge in [-0.05, 0) is 6.08 Å². The van der Waals surface area contributed by atoms with Crippen LogP contribution in [0.2, 0.25) is 0 Å². The lowest BCUT2D eigenvalue weighted by Crippen LogP contribution is -2.25. The second kappa shape index (κ2) is 5.11. The van der Waals surface area contributed by atoms with Crippen LogP contribution in [0.25, 0.3) is 0 Å². The Morgan fingerprint density at radius 2 is 2.08 bits per heavy atom. The summed E-state index contributed by atoms with van der Waals surface area (Å²) in [4.78, 5) is 5.33. The first-order valence-corrected chi connectivity index (χ1v) is 3.55. The van der Waals surface area contributed by atoms with Gasteiger partial charge in [0.1, 0.15) is 6.67 Å². The van der Waals surface area contributed by atoms with Crippen molar-refractivity contribution in [1.82, 2.24) is 4.90 Å². The monoisotopic (exact) mass is 214 g/mol. The van der Waals surface area contributed by atoms with Gasteiger partial charge in [-0.3, -0.25) is 4.99 Å². The maximum Gasteiger partial charge on any atom is 0.390 e. The van der Waals surface area contributed by atoms with Crippen LogP contribution in [-0.4, -0.2) is 30.5 Å². The summed E-state index contributed by atoms with van der Waals surface area (Å²) in [6, 6.07) is 0. The van der Waals surface area contributed by atoms with Crippen molar-refractivity contribution in [2.24, 2.45) is 4.99 Å². The smallest absolute Gasteiger partial charge is 0.358 e. The van der Waals surface area contributed by atoms with Gasteiger partial charge >= 0.3 is 6.18 Å². The first-order valence-electron chi connectivity index (χ1n) is 3.55. The van der Waals surface area contributed by atoms with Gasteiger partial charge in [-0.25, -0.2) is 0 Å². The summed E-state index contributed by atoms with van der Waals surface area (Å²) >= 11 is 0. The molecule has 0 fully saturated rings. The molecule has 2 nitrogen and oxygen atoms in total. The van der Waals surface area contributed by atoms with Crippen molar-refractivity contribution >= 4 is 18.6 Å². The van der Waals surface area contributed by atoms with E-state index in [1.807, 2.05) is 0 Å². The fourth-order valence-electron chi connectivity index (χ4n) is 0.836. The molecule has 0 aliphatic carbocycles. The second-order valence-corrected chi connectivity index (χ2v) is 2.49. The van der Waals surface area contributed by atoms with E-state index >= 15 is 0 Å². The van der Waals surface area contributed by atoms with Gasteiger partial charge < -0.3 is 4.90 Å². The van der Waals surface area contributed by atoms with Crippen LogP contribution in [0.5, 0.6) is 0 Å². The van der Waals surface area contributed by atoms with Gasteiger partial charge in [0.05, 0.1) is 6.42 Å². The molecule has 13 heavy (non-hydrogen) atoms. The van der Waals surface area contributed by atoms with E-state index in [-0.39, 0.29) is 19.0 Å². The molecule has 0 radical (unpaired) electrons. The third kappa shape index (κ3) is 5.52. The molecule has 1 rings (SSSR count). The average molecular weight is 215 g/mol. The number of alkyl halides is 3. The normalized spacial score (nSPS) is 15.8. The summed E-state index contributed by atoms with van der Waals surface area (Å²) in [6.45, 7) is 0.309. The van der Waals surface area contributed by atoms with Gasteiger partial charge in [0.2, 0.25) is 0 Å². The van der Waals surface area contributed by atoms with Gasteiger partial charge in [-0.15, -0.1) is 12.4 Å². The van der Waals surface area contributed by atoms with Crippen molar-refractivity contribution in [2.45, 2.75) is 12.6 Å². The average Bonchev–Trinajstić information content (AvgIpc) is 2.02. The van der Waals surface area contributed by atoms with Gasteiger partial charge in [0, 0.05) is 19.0 Å². The van der Waals surface area contributed by atoms with Crippen LogP contribution in [0, 0.1) is 0 Å². The summed E-state index contributed by atoms with van der Waals surface area (Å²) in [5, 5.41) is 0. The summed E-state index contributed by atoms with van der Waals surface area (Å²) in [7, 11) is 0. The molecule has 0 aromatic carbocycles. The van der Waals surface area contributed by atoms with Crippen LogP contribution < -0.4 is 0 Å². The van der Waals surface area contributed by atoms with Gasteiger partial charge in [-0.1, -0.05) is 0 Å². The van der Waals surface area contributed by atoms with Crippen LogP contribution in [0.15, 0.2) is 17.3 Å². The predicted octanol–water partition coefficient (Wildman–Crippen LogP) is 2.22. The molecule has 1 aliphatic heterocycles. The highest BCUT2D eigenvalue weighted by atomic mass is 35.5. The molecule has 1 aliphatic rings. The van der Waals surface area contributed by atoms with E-state index in [1.54, 1.807) is 18.5 Å². The molecule has 6 heteroatoms. The first-order chi connectivity index (χ1) is 5.58. The molecule has 76 valence electrons. The minimum absolute atomic E-state index is 0. The molecule has 0 saturated heterocycles. The highest BCUT2D eigenvalue weighted by Gasteiger charge is 2.27. The number of rotatable bonds is 2. The molecule has 0 amide bonds. The van der Waals surface area contributed by atoms with E-state index in [2.05, 4.69) is 4.99 Å². The van der Waals surface area contributed by atoms with E-state index in [9.17, 15) is 13.2 Å². The molecular weight excluding hydrogens is 205 g/mol. The highest BCUT2D eigenvalue weighted by molar-refractivity contribution is 5.85. The van der Waals surface area contributed by atoms with Crippen molar-refractivity contribution in [3.63, 3.8) is 0 Å². The first kappa shape index (κ1) is 12.3. The van der Waals surface area contributed by atoms with Crippen molar-refractivity contribution in [2.75, 3.05) is 13.2 Å². The number of aliphatic imine (C=N–C) groups is 1. The second-order valence-electron chi connectivity index (χ2n) is 2.49. The van der Waals surface area contributed by atoms with Crippen LogP contribution >= 0.6 is 12.4 Å². The van der Waals surface area contributed by atoms with E-state index < -0.39 is 12.6 Å². The number of halogens is 4. The third-order valence-corrected chi connectivity index (χ3v) is 1.43. The number of nitrogens with zero attached hydrogens (tertiary/aromatic N) is 2. The highest BCUT2D eigenvalue weighted by Crippen LogP contribution is 2.19. The third-order valence-electron chi connectivity index (χ3n) is 1.43. The Kier molecular flexibility index (Phi) is 4.83. The molecule has 1 heterocycles. The van der Waals surface area contributed by atoms with Crippen molar-refractivity contribution in [1.29, 1.82) is 0 Å². The Labute approximate surface area is 80.5 Å². The molecular formula is C7H10ClF3N2. The van der Waals surface area contributed by atoms with Crippen LogP contribution in [0.4, 0.5) is 13.2 Å². The largest absolute Gasteiger partial charge is 0.390 e. The minimum atomic E-state index is -4.07. The molecule has 0 saturated carbocycles. The lowest BCUT2D eigenvalue weighted by atomic mass is 10.4. The van der Waals surface area contributed by atoms with E-state index in [1.165, 1.54) is 4.90 Å². The van der Waals surface area contributed by atoms with Crippen LogP contribution in [0.3, 0.4) is 0 Å². The molecule has 0 N–H and O–H groups in total. The zero-order chi connectivity index (χ0) is 9.03. The number of hydrogen-bond donors (Lipinski definition) is 0. The lowest BCUT2D eigenvalue weighted by molar-refractivity contribution is -0.136. The van der Waals surface area contributed by atoms with Crippen molar-refractivity contribution in [3.8, 4) is 0 Å². The van der Waals surface area contributed by atoms with Crippen LogP contribution in [0.1, 0.15) is 6.42 Å². The summed E-state index contributed by atoms with van der Waals surface area (Å²) in [5.74, 6) is 0. The standard InChI is InChI=1S/C7H9F3N2.ClH/c8-7(9,10)2-5-12-4-1-3-11-6-12;/h1,3-4H,2,5-6H2;1H. The Balaban J connectivity index is 0.00000144. The summed E-state index contributed by atoms with van der Waals surface area (Å²) in [5.41, 5.74) is 0. The molecule has 0 spiro atoms. The Morgan fingerprint density at radius 3 is 2.54 bits per heavy atom. The fourth-order valence-corrected chi connectivity index (χ4v) is 0.836. The van der Waals surface area contributed by atoms with Gasteiger partial charge in [0.25, 0.3) is 0 Å². The molecule has 0 atom stereocenters. The lowest BCUT2D eigenvalue weighted by Gasteiger charge is -2.20. The SMILES string of the molecule is Cl.FC(F)(F)CCN1C=CC=NC1. The van der Waals surface area contributed by atoms with Crippen molar-refractivity contribution in [3.05, 3.63) is 12.3 Å². The Bertz CT molecular complexity index is 200. The predicted molar refractivity (Wildman–Crippen MR) is 47.1 cm³/mol. The number of hydrogen-bond acceptors (Lipinski definition) is 2. The molecule has 0 aromatic heterocycles. The topological polar surface area (TPSA) is 15.6 Å². The zero-order valence-electron chi connectivity index (χ0n) is 6.79. The minimum Gasteiger partial charge on any atom is -0.358 e. The fraction of sp³-hybridized carbons (Fsp3) is 0.571. The molecule has 0 bridgehead atoms. The van der Waals surface area contributed by atoms with Gasteiger partial charge in [-0.2, -0.15) is 13.2 Å². The molecule has 0 aromatic rings. The summed E-state index contributed by atoms with van der Waals surface area (Å²) in [6.07, 6.45) is -0.0510. The van der Waals surface area contributed by atoms with Gasteiger partial charge in [0.15, 0.2) is 0 Å². The Morgan fingerprint density at radius 1 is 1.38 bits per heavy atom. The zero-order valence-corrected chi connectivity index (χ0v) is 7.61. The van der Waals surface area contributed by atoms with Crippen LogP contribution in [-0.2, 0) is 0 Å². The van der Waals surface area contributed by atoms with E-state index in [0.717, 1.165) is 0 Å². The van der Waals surface area contributed by atoms with E-state index in [4.69, 9.17) is 0 Å².